The number of hydrogen-bond acceptors (Lipinski definition) is 6. The van der Waals surface area contributed by atoms with Crippen LogP contribution >= 0.6 is 0 Å². The number of allylic oxidation sites excluding steroid dienone is 1. The number of nitrogens with zero attached hydrogens (tertiary/aromatic N) is 2. The lowest BCUT2D eigenvalue weighted by atomic mass is 10.2. The van der Waals surface area contributed by atoms with Gasteiger partial charge in [0.05, 0.1) is 25.0 Å². The average molecular weight is 265 g/mol. The van der Waals surface area contributed by atoms with E-state index in [1.54, 1.807) is 12.3 Å². The molecule has 3 heterocycles. The van der Waals surface area contributed by atoms with Gasteiger partial charge in [-0.15, -0.1) is 0 Å². The number of rotatable bonds is 2. The van der Waals surface area contributed by atoms with Gasteiger partial charge in [-0.05, 0) is 13.8 Å². The molecule has 19 heavy (non-hydrogen) atoms. The van der Waals surface area contributed by atoms with Gasteiger partial charge in [0, 0.05) is 25.4 Å². The topological polar surface area (TPSA) is 60.0 Å². The number of aliphatic hydroxyl groups is 1. The molecule has 0 bridgehead atoms. The van der Waals surface area contributed by atoms with E-state index in [4.69, 9.17) is 6.15 Å². The Bertz CT molecular complexity index is 503. The highest BCUT2D eigenvalue weighted by Gasteiger charge is 2.30. The Hall–Kier alpha value is -1.82. The van der Waals surface area contributed by atoms with Crippen molar-refractivity contribution in [2.75, 3.05) is 26.3 Å². The lowest BCUT2D eigenvalue weighted by molar-refractivity contribution is 0.0138. The number of fused-ring (bicyclic) bond motifs is 1. The normalized spacial score (nSPS) is 27.8. The SMILES string of the molecule is [2H]N1C2=CNN(CC)C2=C(O)C=C1N1CCOC[C@H]1C. The standard InChI is InChI=1S/C13H20N4O2/c1-3-17-13-10(7-14-17)15-12(6-11(13)18)16-4-5-19-8-9(16)2/h6-7,9,14-15,18H,3-5,8H2,1-2H3/t9-/m1/s1/i/hD. The first-order chi connectivity index (χ1) is 9.63. The maximum atomic E-state index is 10.3. The van der Waals surface area contributed by atoms with Gasteiger partial charge < -0.3 is 25.5 Å². The lowest BCUT2D eigenvalue weighted by Gasteiger charge is -2.38. The van der Waals surface area contributed by atoms with Crippen LogP contribution in [0.15, 0.2) is 35.3 Å². The molecule has 0 saturated carbocycles. The van der Waals surface area contributed by atoms with Crippen molar-refractivity contribution in [2.45, 2.75) is 19.9 Å². The molecule has 6 nitrogen and oxygen atoms in total. The number of nitrogens with one attached hydrogen (secondary N) is 2. The van der Waals surface area contributed by atoms with Gasteiger partial charge in [-0.25, -0.2) is 0 Å². The second-order valence-corrected chi connectivity index (χ2v) is 4.87. The van der Waals surface area contributed by atoms with Crippen LogP contribution in [-0.4, -0.2) is 47.4 Å². The van der Waals surface area contributed by atoms with Crippen LogP contribution in [0.25, 0.3) is 0 Å². The molecule has 3 rings (SSSR count). The highest BCUT2D eigenvalue weighted by Crippen LogP contribution is 2.27. The third-order valence-electron chi connectivity index (χ3n) is 3.59. The van der Waals surface area contributed by atoms with E-state index in [-0.39, 0.29) is 11.8 Å². The van der Waals surface area contributed by atoms with Crippen molar-refractivity contribution in [1.29, 1.82) is 0 Å². The molecule has 0 aliphatic carbocycles. The summed E-state index contributed by atoms with van der Waals surface area (Å²) in [5, 5.41) is 13.5. The summed E-state index contributed by atoms with van der Waals surface area (Å²) >= 11 is 0. The summed E-state index contributed by atoms with van der Waals surface area (Å²) in [4.78, 5) is 2.10. The average Bonchev–Trinajstić information content (AvgIpc) is 2.88. The van der Waals surface area contributed by atoms with E-state index in [0.29, 0.717) is 37.0 Å². The van der Waals surface area contributed by atoms with E-state index >= 15 is 0 Å². The highest BCUT2D eigenvalue weighted by molar-refractivity contribution is 5.44. The summed E-state index contributed by atoms with van der Waals surface area (Å²) in [6, 6.07) is 0.189. The summed E-state index contributed by atoms with van der Waals surface area (Å²) in [5.41, 5.74) is 4.39. The van der Waals surface area contributed by atoms with Crippen molar-refractivity contribution >= 4 is 0 Å². The van der Waals surface area contributed by atoms with E-state index < -0.39 is 0 Å². The third-order valence-corrected chi connectivity index (χ3v) is 3.59. The molecule has 3 N–H and O–H groups in total. The molecule has 104 valence electrons. The van der Waals surface area contributed by atoms with Crippen molar-refractivity contribution in [1.82, 2.24) is 20.6 Å². The van der Waals surface area contributed by atoms with Crippen LogP contribution in [-0.2, 0) is 4.74 Å². The van der Waals surface area contributed by atoms with Crippen LogP contribution in [0.5, 0.6) is 0 Å². The summed E-state index contributed by atoms with van der Waals surface area (Å²) in [5.74, 6) is 0.883. The Morgan fingerprint density at radius 3 is 3.21 bits per heavy atom. The molecule has 1 fully saturated rings. The maximum absolute atomic E-state index is 10.3. The van der Waals surface area contributed by atoms with Crippen LogP contribution in [0.1, 0.15) is 13.8 Å². The molecular weight excluding hydrogens is 244 g/mol. The molecule has 6 heteroatoms. The molecule has 0 radical (unpaired) electrons. The molecule has 0 amide bonds. The number of morpholine rings is 1. The molecule has 1 atom stereocenters. The van der Waals surface area contributed by atoms with Gasteiger partial charge in [0.2, 0.25) is 0 Å². The van der Waals surface area contributed by atoms with Crippen molar-refractivity contribution in [2.24, 2.45) is 0 Å². The predicted molar refractivity (Wildman–Crippen MR) is 71.5 cm³/mol. The van der Waals surface area contributed by atoms with Gasteiger partial charge in [-0.1, -0.05) is 0 Å². The number of aliphatic hydroxyl groups excluding tert-OH is 1. The van der Waals surface area contributed by atoms with Crippen molar-refractivity contribution in [3.8, 4) is 0 Å². The van der Waals surface area contributed by atoms with Crippen LogP contribution in [0.2, 0.25) is 1.41 Å². The molecule has 0 aromatic heterocycles. The van der Waals surface area contributed by atoms with E-state index in [1.807, 2.05) is 11.9 Å². The minimum Gasteiger partial charge on any atom is -0.505 e. The van der Waals surface area contributed by atoms with Crippen molar-refractivity contribution < 1.29 is 11.3 Å². The van der Waals surface area contributed by atoms with Gasteiger partial charge in [0.15, 0.2) is 1.41 Å². The molecule has 0 aromatic rings. The first-order valence-electron chi connectivity index (χ1n) is 7.10. The summed E-state index contributed by atoms with van der Waals surface area (Å²) in [6.07, 6.45) is 3.41. The largest absolute Gasteiger partial charge is 0.505 e. The quantitative estimate of drug-likeness (QED) is 0.680. The van der Waals surface area contributed by atoms with Crippen LogP contribution in [0.4, 0.5) is 0 Å². The number of ether oxygens (including phenoxy) is 1. The Morgan fingerprint density at radius 1 is 1.63 bits per heavy atom. The number of dihydropyridines is 1. The number of hydrazine groups is 1. The lowest BCUT2D eigenvalue weighted by Crippen LogP contribution is -2.47. The van der Waals surface area contributed by atoms with E-state index in [2.05, 4.69) is 17.2 Å². The fourth-order valence-corrected chi connectivity index (χ4v) is 2.58. The van der Waals surface area contributed by atoms with Gasteiger partial charge in [-0.3, -0.25) is 5.01 Å². The summed E-state index contributed by atoms with van der Waals surface area (Å²) in [7, 11) is 0. The van der Waals surface area contributed by atoms with E-state index in [9.17, 15) is 5.11 Å². The third kappa shape index (κ3) is 2.02. The Labute approximate surface area is 114 Å². The molecule has 0 unspecified atom stereocenters. The number of likely N-dealkylation sites (N-methyl/N-ethyl adjacent to an activating group) is 1. The van der Waals surface area contributed by atoms with E-state index in [1.165, 1.54) is 5.31 Å². The fourth-order valence-electron chi connectivity index (χ4n) is 2.58. The van der Waals surface area contributed by atoms with Gasteiger partial charge in [0.25, 0.3) is 0 Å². The Kier molecular flexibility index (Phi) is 2.73. The highest BCUT2D eigenvalue weighted by atomic mass is 16.5. The summed E-state index contributed by atoms with van der Waals surface area (Å²) < 4.78 is 13.8. The molecule has 1 saturated heterocycles. The molecular formula is C13H20N4O2. The smallest absolute Gasteiger partial charge is 0.168 e. The van der Waals surface area contributed by atoms with Crippen molar-refractivity contribution in [3.63, 3.8) is 0 Å². The Balaban J connectivity index is 1.95. The first kappa shape index (κ1) is 11.0. The predicted octanol–water partition coefficient (Wildman–Crippen LogP) is 0.603. The van der Waals surface area contributed by atoms with Gasteiger partial charge in [-0.2, -0.15) is 0 Å². The second-order valence-electron chi connectivity index (χ2n) is 4.87. The van der Waals surface area contributed by atoms with E-state index in [0.717, 1.165) is 6.54 Å². The first-order valence-corrected chi connectivity index (χ1v) is 6.66. The maximum Gasteiger partial charge on any atom is 0.168 e. The van der Waals surface area contributed by atoms with Crippen LogP contribution < -0.4 is 10.7 Å². The minimum atomic E-state index is 0.189. The van der Waals surface area contributed by atoms with Crippen LogP contribution in [0, 0.1) is 0 Å². The second kappa shape index (κ2) is 4.70. The molecule has 0 aromatic carbocycles. The molecule has 3 aliphatic heterocycles. The molecule has 3 aliphatic rings. The molecule has 0 spiro atoms. The van der Waals surface area contributed by atoms with Crippen molar-refractivity contribution in [3.05, 3.63) is 35.3 Å². The summed E-state index contributed by atoms with van der Waals surface area (Å²) in [6.45, 7) is 6.77. The van der Waals surface area contributed by atoms with Gasteiger partial charge in [0.1, 0.15) is 17.3 Å². The fraction of sp³-hybridized carbons (Fsp3) is 0.538. The minimum absolute atomic E-state index is 0.189. The zero-order chi connectivity index (χ0) is 14.3. The zero-order valence-corrected chi connectivity index (χ0v) is 11.3. The Morgan fingerprint density at radius 2 is 2.47 bits per heavy atom. The van der Waals surface area contributed by atoms with Gasteiger partial charge >= 0.3 is 0 Å². The monoisotopic (exact) mass is 265 g/mol. The number of hydrogen-bond donors (Lipinski definition) is 3. The van der Waals surface area contributed by atoms with Crippen LogP contribution in [0.3, 0.4) is 0 Å². The zero-order valence-electron chi connectivity index (χ0n) is 12.3.